The number of anilines is 1. The molecule has 0 spiro atoms. The summed E-state index contributed by atoms with van der Waals surface area (Å²) in [5.41, 5.74) is 5.61. The summed E-state index contributed by atoms with van der Waals surface area (Å²) in [5.74, 6) is 1.12. The van der Waals surface area contributed by atoms with Crippen molar-refractivity contribution in [1.82, 2.24) is 19.3 Å². The predicted molar refractivity (Wildman–Crippen MR) is 187 cm³/mol. The summed E-state index contributed by atoms with van der Waals surface area (Å²) in [6.45, 7) is 9.55. The van der Waals surface area contributed by atoms with Crippen molar-refractivity contribution in [1.29, 1.82) is 0 Å². The topological polar surface area (TPSA) is 108 Å². The van der Waals surface area contributed by atoms with Gasteiger partial charge in [0.25, 0.3) is 0 Å². The van der Waals surface area contributed by atoms with Gasteiger partial charge in [0.15, 0.2) is 11.6 Å². The van der Waals surface area contributed by atoms with Gasteiger partial charge in [-0.1, -0.05) is 99.6 Å². The number of hydrogen-bond donors (Lipinski definition) is 1. The molecule has 0 amide bonds. The average Bonchev–Trinajstić information content (AvgIpc) is 3.34. The van der Waals surface area contributed by atoms with Gasteiger partial charge in [0.1, 0.15) is 5.82 Å². The van der Waals surface area contributed by atoms with Crippen LogP contribution in [0.1, 0.15) is 62.2 Å². The summed E-state index contributed by atoms with van der Waals surface area (Å²) in [6.07, 6.45) is 2.34. The highest BCUT2D eigenvalue weighted by Crippen LogP contribution is 2.29. The summed E-state index contributed by atoms with van der Waals surface area (Å²) in [5, 5.41) is 4.70. The Balaban J connectivity index is 1.22. The molecule has 0 radical (unpaired) electrons. The SMILES string of the molecule is CCn1c(CCCc2ccc(-c3ccc(OC)c(NS(=O)(=O)Cc4ccccc4)n3)cc2)nn(Cc2ccc(C(C)(C)C)cc2)c1=O. The van der Waals surface area contributed by atoms with Crippen LogP contribution in [0.5, 0.6) is 5.75 Å². The van der Waals surface area contributed by atoms with Gasteiger partial charge >= 0.3 is 5.69 Å². The molecule has 1 N–H and O–H groups in total. The standard InChI is InChI=1S/C37H43N5O4S/c1-6-41-34(39-42(36(41)43)25-28-17-21-31(22-18-28)37(2,3)4)14-10-13-27-15-19-30(20-16-27)32-23-24-33(46-5)35(38-32)40-47(44,45)26-29-11-8-7-9-12-29/h7-9,11-12,15-24H,6,10,13-14,25-26H2,1-5H3,(H,38,40). The molecule has 0 bridgehead atoms. The zero-order valence-corrected chi connectivity index (χ0v) is 28.5. The summed E-state index contributed by atoms with van der Waals surface area (Å²) in [6, 6.07) is 29.0. The second-order valence-electron chi connectivity index (χ2n) is 12.7. The van der Waals surface area contributed by atoms with Gasteiger partial charge in [-0.2, -0.15) is 5.10 Å². The number of ether oxygens (including phenoxy) is 1. The average molecular weight is 654 g/mol. The molecular weight excluding hydrogens is 611 g/mol. The van der Waals surface area contributed by atoms with Gasteiger partial charge in [0.2, 0.25) is 10.0 Å². The number of pyridine rings is 1. The summed E-state index contributed by atoms with van der Waals surface area (Å²) >= 11 is 0. The zero-order valence-electron chi connectivity index (χ0n) is 27.7. The minimum Gasteiger partial charge on any atom is -0.493 e. The first-order valence-corrected chi connectivity index (χ1v) is 17.6. The maximum atomic E-state index is 13.1. The van der Waals surface area contributed by atoms with E-state index in [1.54, 1.807) is 39.6 Å². The lowest BCUT2D eigenvalue weighted by molar-refractivity contribution is 0.415. The van der Waals surface area contributed by atoms with Gasteiger partial charge in [-0.15, -0.1) is 0 Å². The molecule has 9 nitrogen and oxygen atoms in total. The minimum atomic E-state index is -3.71. The first-order valence-electron chi connectivity index (χ1n) is 15.9. The summed E-state index contributed by atoms with van der Waals surface area (Å²) < 4.78 is 37.1. The van der Waals surface area contributed by atoms with Crippen molar-refractivity contribution < 1.29 is 13.2 Å². The first-order chi connectivity index (χ1) is 22.5. The van der Waals surface area contributed by atoms with Crippen molar-refractivity contribution in [2.45, 2.75) is 71.2 Å². The van der Waals surface area contributed by atoms with Crippen LogP contribution >= 0.6 is 0 Å². The van der Waals surface area contributed by atoms with E-state index >= 15 is 0 Å². The first kappa shape index (κ1) is 33.7. The van der Waals surface area contributed by atoms with E-state index < -0.39 is 10.0 Å². The predicted octanol–water partition coefficient (Wildman–Crippen LogP) is 6.60. The number of benzene rings is 3. The number of sulfonamides is 1. The van der Waals surface area contributed by atoms with Gasteiger partial charge < -0.3 is 4.74 Å². The Labute approximate surface area is 277 Å². The summed E-state index contributed by atoms with van der Waals surface area (Å²) in [4.78, 5) is 17.7. The molecule has 0 atom stereocenters. The fraction of sp³-hybridized carbons (Fsp3) is 0.324. The maximum absolute atomic E-state index is 13.1. The van der Waals surface area contributed by atoms with Crippen LogP contribution in [0.15, 0.2) is 95.8 Å². The Bertz CT molecular complexity index is 1960. The van der Waals surface area contributed by atoms with Crippen LogP contribution in [0, 0.1) is 0 Å². The van der Waals surface area contributed by atoms with Crippen molar-refractivity contribution in [2.24, 2.45) is 0 Å². The van der Waals surface area contributed by atoms with Gasteiger partial charge in [-0.25, -0.2) is 22.9 Å². The van der Waals surface area contributed by atoms with E-state index in [4.69, 9.17) is 9.84 Å². The lowest BCUT2D eigenvalue weighted by atomic mass is 9.87. The van der Waals surface area contributed by atoms with Crippen LogP contribution in [0.4, 0.5) is 5.82 Å². The Morgan fingerprint density at radius 3 is 2.15 bits per heavy atom. The van der Waals surface area contributed by atoms with E-state index in [1.807, 2.05) is 43.3 Å². The monoisotopic (exact) mass is 653 g/mol. The van der Waals surface area contributed by atoms with Gasteiger partial charge in [-0.05, 0) is 59.6 Å². The molecule has 0 aliphatic rings. The summed E-state index contributed by atoms with van der Waals surface area (Å²) in [7, 11) is -2.23. The quantitative estimate of drug-likeness (QED) is 0.154. The van der Waals surface area contributed by atoms with E-state index in [1.165, 1.54) is 12.7 Å². The van der Waals surface area contributed by atoms with Gasteiger partial charge in [0, 0.05) is 18.5 Å². The van der Waals surface area contributed by atoms with E-state index in [-0.39, 0.29) is 22.7 Å². The number of aromatic nitrogens is 4. The number of nitrogens with one attached hydrogen (secondary N) is 1. The Kier molecular flexibility index (Phi) is 10.3. The van der Waals surface area contributed by atoms with Crippen molar-refractivity contribution in [3.63, 3.8) is 0 Å². The third kappa shape index (κ3) is 8.56. The van der Waals surface area contributed by atoms with Crippen LogP contribution in [-0.2, 0) is 47.1 Å². The molecule has 5 rings (SSSR count). The van der Waals surface area contributed by atoms with Crippen LogP contribution in [-0.4, -0.2) is 34.9 Å². The number of hydrogen-bond acceptors (Lipinski definition) is 6. The Hall–Kier alpha value is -4.70. The fourth-order valence-corrected chi connectivity index (χ4v) is 6.63. The van der Waals surface area contributed by atoms with E-state index in [0.717, 1.165) is 35.4 Å². The third-order valence-electron chi connectivity index (χ3n) is 8.11. The molecule has 3 aromatic carbocycles. The largest absolute Gasteiger partial charge is 0.493 e. The van der Waals surface area contributed by atoms with Crippen molar-refractivity contribution in [3.8, 4) is 17.0 Å². The van der Waals surface area contributed by atoms with Gasteiger partial charge in [-0.3, -0.25) is 9.29 Å². The second kappa shape index (κ2) is 14.4. The normalized spacial score (nSPS) is 11.9. The van der Waals surface area contributed by atoms with Crippen molar-refractivity contribution in [2.75, 3.05) is 11.8 Å². The molecule has 2 heterocycles. The number of methoxy groups -OCH3 is 1. The molecule has 10 heteroatoms. The molecule has 0 saturated carbocycles. The van der Waals surface area contributed by atoms with E-state index in [9.17, 15) is 13.2 Å². The van der Waals surface area contributed by atoms with Crippen LogP contribution < -0.4 is 15.1 Å². The molecule has 0 aliphatic heterocycles. The molecule has 47 heavy (non-hydrogen) atoms. The van der Waals surface area contributed by atoms with E-state index in [2.05, 4.69) is 54.7 Å². The third-order valence-corrected chi connectivity index (χ3v) is 9.33. The van der Waals surface area contributed by atoms with Crippen LogP contribution in [0.25, 0.3) is 11.3 Å². The van der Waals surface area contributed by atoms with Crippen molar-refractivity contribution in [3.05, 3.63) is 130 Å². The molecule has 0 unspecified atom stereocenters. The lowest BCUT2D eigenvalue weighted by Crippen LogP contribution is -2.25. The molecule has 2 aromatic heterocycles. The fourth-order valence-electron chi connectivity index (χ4n) is 5.49. The molecule has 0 saturated heterocycles. The molecule has 0 fully saturated rings. The molecular formula is C37H43N5O4S. The maximum Gasteiger partial charge on any atom is 0.346 e. The Morgan fingerprint density at radius 2 is 1.51 bits per heavy atom. The molecule has 0 aliphatic carbocycles. The van der Waals surface area contributed by atoms with Gasteiger partial charge in [0.05, 0.1) is 25.1 Å². The molecule has 246 valence electrons. The lowest BCUT2D eigenvalue weighted by Gasteiger charge is -2.19. The molecule has 5 aromatic rings. The smallest absolute Gasteiger partial charge is 0.346 e. The highest BCUT2D eigenvalue weighted by atomic mass is 32.2. The van der Waals surface area contributed by atoms with Crippen LogP contribution in [0.3, 0.4) is 0 Å². The number of rotatable bonds is 13. The highest BCUT2D eigenvalue weighted by Gasteiger charge is 2.18. The second-order valence-corrected chi connectivity index (χ2v) is 14.4. The number of aryl methyl sites for hydroxylation is 2. The highest BCUT2D eigenvalue weighted by molar-refractivity contribution is 7.91. The Morgan fingerprint density at radius 1 is 0.830 bits per heavy atom. The van der Waals surface area contributed by atoms with Crippen molar-refractivity contribution >= 4 is 15.8 Å². The minimum absolute atomic E-state index is 0.0777. The number of nitrogens with zero attached hydrogens (tertiary/aromatic N) is 4. The zero-order chi connectivity index (χ0) is 33.6. The van der Waals surface area contributed by atoms with E-state index in [0.29, 0.717) is 36.5 Å². The van der Waals surface area contributed by atoms with Crippen LogP contribution in [0.2, 0.25) is 0 Å².